The molecule has 1 aliphatic carbocycles. The highest BCUT2D eigenvalue weighted by atomic mass is 19.1. The average molecular weight is 494 g/mol. The van der Waals surface area contributed by atoms with Gasteiger partial charge in [-0.05, 0) is 60.4 Å². The fourth-order valence-corrected chi connectivity index (χ4v) is 5.97. The Bertz CT molecular complexity index is 1220. The lowest BCUT2D eigenvalue weighted by molar-refractivity contribution is -0.131. The molecule has 1 N–H and O–H groups in total. The first-order valence-electron chi connectivity index (χ1n) is 12.7. The number of carbonyl (C=O) groups excluding carboxylic acids is 2. The number of carbonyl (C=O) groups is 2. The molecule has 2 heterocycles. The van der Waals surface area contributed by atoms with Crippen molar-refractivity contribution >= 4 is 23.1 Å². The minimum Gasteiger partial charge on any atom is -0.357 e. The van der Waals surface area contributed by atoms with Gasteiger partial charge in [-0.25, -0.2) is 8.78 Å². The van der Waals surface area contributed by atoms with Gasteiger partial charge >= 0.3 is 0 Å². The molecule has 2 atom stereocenters. The van der Waals surface area contributed by atoms with Crippen LogP contribution >= 0.6 is 0 Å². The predicted molar refractivity (Wildman–Crippen MR) is 137 cm³/mol. The summed E-state index contributed by atoms with van der Waals surface area (Å²) >= 11 is 0. The molecule has 5 nitrogen and oxygen atoms in total. The molecule has 0 saturated carbocycles. The molecule has 1 amide bonds. The highest BCUT2D eigenvalue weighted by Crippen LogP contribution is 2.48. The summed E-state index contributed by atoms with van der Waals surface area (Å²) < 4.78 is 29.0. The maximum Gasteiger partial charge on any atom is 0.242 e. The van der Waals surface area contributed by atoms with E-state index in [1.165, 1.54) is 12.1 Å². The molecule has 2 aromatic carbocycles. The molecule has 7 heteroatoms. The number of nitrogens with zero attached hydrogens (tertiary/aromatic N) is 2. The first-order valence-corrected chi connectivity index (χ1v) is 12.7. The number of anilines is 2. The SMILES string of the molecule is CC1CCCN(C(=O)CN2c3ccccc3NC3=C(C(=O)CC(C)(C)C3)C2c2cc(F)cc(F)c2)C1. The zero-order valence-corrected chi connectivity index (χ0v) is 21.1. The number of amides is 1. The van der Waals surface area contributed by atoms with E-state index in [0.717, 1.165) is 36.0 Å². The van der Waals surface area contributed by atoms with Crippen LogP contribution in [0.25, 0.3) is 0 Å². The van der Waals surface area contributed by atoms with Gasteiger partial charge in [0.1, 0.15) is 11.6 Å². The monoisotopic (exact) mass is 493 g/mol. The highest BCUT2D eigenvalue weighted by Gasteiger charge is 2.42. The molecular weight excluding hydrogens is 460 g/mol. The molecule has 2 aromatic rings. The summed E-state index contributed by atoms with van der Waals surface area (Å²) in [6.07, 6.45) is 2.98. The van der Waals surface area contributed by atoms with E-state index in [1.54, 1.807) is 0 Å². The third-order valence-corrected chi connectivity index (χ3v) is 7.52. The largest absolute Gasteiger partial charge is 0.357 e. The third kappa shape index (κ3) is 4.75. The van der Waals surface area contributed by atoms with Crippen LogP contribution in [0.5, 0.6) is 0 Å². The van der Waals surface area contributed by atoms with Crippen LogP contribution in [-0.2, 0) is 9.59 Å². The van der Waals surface area contributed by atoms with Crippen molar-refractivity contribution in [2.75, 3.05) is 29.9 Å². The number of nitrogens with one attached hydrogen (secondary N) is 1. The van der Waals surface area contributed by atoms with Crippen molar-refractivity contribution in [3.63, 3.8) is 0 Å². The molecule has 0 bridgehead atoms. The summed E-state index contributed by atoms with van der Waals surface area (Å²) in [5.41, 5.74) is 2.80. The standard InChI is InChI=1S/C29H33F2N3O2/c1-18-7-6-10-33(16-18)26(36)17-34-24-9-5-4-8-22(24)32-23-14-29(2,3)15-25(35)27(23)28(34)19-11-20(30)13-21(31)12-19/h4-5,8-9,11-13,18,28,32H,6-7,10,14-17H2,1-3H3. The molecular formula is C29H33F2N3O2. The minimum atomic E-state index is -0.795. The van der Waals surface area contributed by atoms with Gasteiger partial charge in [-0.3, -0.25) is 9.59 Å². The van der Waals surface area contributed by atoms with Crippen molar-refractivity contribution in [1.29, 1.82) is 0 Å². The van der Waals surface area contributed by atoms with Gasteiger partial charge in [0.15, 0.2) is 5.78 Å². The number of rotatable bonds is 3. The number of halogens is 2. The second-order valence-corrected chi connectivity index (χ2v) is 11.3. The quantitative estimate of drug-likeness (QED) is 0.584. The second-order valence-electron chi connectivity index (χ2n) is 11.3. The van der Waals surface area contributed by atoms with Crippen molar-refractivity contribution in [3.8, 4) is 0 Å². The van der Waals surface area contributed by atoms with E-state index in [9.17, 15) is 18.4 Å². The maximum absolute atomic E-state index is 14.5. The lowest BCUT2D eigenvalue weighted by Crippen LogP contribution is -2.46. The number of para-hydroxylation sites is 2. The first kappa shape index (κ1) is 24.5. The van der Waals surface area contributed by atoms with Crippen molar-refractivity contribution < 1.29 is 18.4 Å². The van der Waals surface area contributed by atoms with E-state index < -0.39 is 17.7 Å². The molecule has 36 heavy (non-hydrogen) atoms. The number of hydrogen-bond acceptors (Lipinski definition) is 4. The number of ketones is 1. The Morgan fingerprint density at radius 1 is 1.11 bits per heavy atom. The Morgan fingerprint density at radius 3 is 2.56 bits per heavy atom. The third-order valence-electron chi connectivity index (χ3n) is 7.52. The lowest BCUT2D eigenvalue weighted by atomic mass is 9.73. The Labute approximate surface area is 211 Å². The van der Waals surface area contributed by atoms with Crippen molar-refractivity contribution in [2.45, 2.75) is 52.5 Å². The van der Waals surface area contributed by atoms with Crippen molar-refractivity contribution in [2.24, 2.45) is 11.3 Å². The van der Waals surface area contributed by atoms with Gasteiger partial charge in [-0.15, -0.1) is 0 Å². The predicted octanol–water partition coefficient (Wildman–Crippen LogP) is 5.84. The van der Waals surface area contributed by atoms with Crippen molar-refractivity contribution in [1.82, 2.24) is 4.90 Å². The number of fused-ring (bicyclic) bond motifs is 1. The molecule has 1 saturated heterocycles. The van der Waals surface area contributed by atoms with E-state index in [-0.39, 0.29) is 23.7 Å². The molecule has 0 aromatic heterocycles. The fraction of sp³-hybridized carbons (Fsp3) is 0.448. The Balaban J connectivity index is 1.67. The highest BCUT2D eigenvalue weighted by molar-refractivity contribution is 6.01. The van der Waals surface area contributed by atoms with Gasteiger partial charge < -0.3 is 15.1 Å². The van der Waals surface area contributed by atoms with Gasteiger partial charge in [0, 0.05) is 36.8 Å². The zero-order valence-electron chi connectivity index (χ0n) is 21.1. The topological polar surface area (TPSA) is 52.7 Å². The Morgan fingerprint density at radius 2 is 1.83 bits per heavy atom. The van der Waals surface area contributed by atoms with Crippen LogP contribution in [0.3, 0.4) is 0 Å². The maximum atomic E-state index is 14.5. The number of hydrogen-bond donors (Lipinski definition) is 1. The molecule has 0 spiro atoms. The fourth-order valence-electron chi connectivity index (χ4n) is 5.97. The number of likely N-dealkylation sites (tertiary alicyclic amines) is 1. The van der Waals surface area contributed by atoms with Gasteiger partial charge in [-0.1, -0.05) is 32.9 Å². The van der Waals surface area contributed by atoms with Gasteiger partial charge in [0.25, 0.3) is 0 Å². The second kappa shape index (κ2) is 9.34. The molecule has 0 radical (unpaired) electrons. The van der Waals surface area contributed by atoms with Crippen LogP contribution < -0.4 is 10.2 Å². The molecule has 3 aliphatic rings. The zero-order chi connectivity index (χ0) is 25.6. The van der Waals surface area contributed by atoms with E-state index >= 15 is 0 Å². The number of allylic oxidation sites excluding steroid dienone is 1. The molecule has 1 fully saturated rings. The van der Waals surface area contributed by atoms with E-state index in [4.69, 9.17) is 0 Å². The summed E-state index contributed by atoms with van der Waals surface area (Å²) in [7, 11) is 0. The molecule has 190 valence electrons. The summed E-state index contributed by atoms with van der Waals surface area (Å²) in [6.45, 7) is 7.61. The molecule has 2 unspecified atom stereocenters. The number of piperidine rings is 1. The van der Waals surface area contributed by atoms with E-state index in [2.05, 4.69) is 12.2 Å². The Hall–Kier alpha value is -3.22. The van der Waals surface area contributed by atoms with Gasteiger partial charge in [0.2, 0.25) is 5.91 Å². The summed E-state index contributed by atoms with van der Waals surface area (Å²) in [6, 6.07) is 10.2. The summed E-state index contributed by atoms with van der Waals surface area (Å²) in [4.78, 5) is 31.0. The number of benzene rings is 2. The molecule has 5 rings (SSSR count). The smallest absolute Gasteiger partial charge is 0.242 e. The minimum absolute atomic E-state index is 0.00165. The first-order chi connectivity index (χ1) is 17.1. The number of Topliss-reactive ketones (excluding diaryl/α,β-unsaturated/α-hetero) is 1. The Kier molecular flexibility index (Phi) is 6.35. The van der Waals surface area contributed by atoms with Gasteiger partial charge in [0.05, 0.1) is 24.0 Å². The van der Waals surface area contributed by atoms with Crippen LogP contribution in [-0.4, -0.2) is 36.2 Å². The lowest BCUT2D eigenvalue weighted by Gasteiger charge is -2.39. The van der Waals surface area contributed by atoms with Crippen LogP contribution in [0.4, 0.5) is 20.2 Å². The summed E-state index contributed by atoms with van der Waals surface area (Å²) in [5, 5.41) is 3.47. The normalized spacial score (nSPS) is 23.5. The van der Waals surface area contributed by atoms with E-state index in [1.807, 2.05) is 47.9 Å². The molecule has 2 aliphatic heterocycles. The van der Waals surface area contributed by atoms with Gasteiger partial charge in [-0.2, -0.15) is 0 Å². The van der Waals surface area contributed by atoms with Crippen LogP contribution in [0.1, 0.15) is 58.1 Å². The van der Waals surface area contributed by atoms with E-state index in [0.29, 0.717) is 43.0 Å². The van der Waals surface area contributed by atoms with Crippen LogP contribution in [0.15, 0.2) is 53.7 Å². The van der Waals surface area contributed by atoms with Crippen molar-refractivity contribution in [3.05, 3.63) is 70.9 Å². The summed E-state index contributed by atoms with van der Waals surface area (Å²) in [5.74, 6) is -1.12. The van der Waals surface area contributed by atoms with Crippen LogP contribution in [0, 0.1) is 23.0 Å². The van der Waals surface area contributed by atoms with Crippen LogP contribution in [0.2, 0.25) is 0 Å². The average Bonchev–Trinajstić information content (AvgIpc) is 2.92.